The molecule has 6 heteroatoms. The van der Waals surface area contributed by atoms with Gasteiger partial charge in [0.25, 0.3) is 5.91 Å². The van der Waals surface area contributed by atoms with Gasteiger partial charge in [0.15, 0.2) is 0 Å². The fourth-order valence-corrected chi connectivity index (χ4v) is 1.63. The van der Waals surface area contributed by atoms with Gasteiger partial charge in [-0.25, -0.2) is 4.79 Å². The van der Waals surface area contributed by atoms with Gasteiger partial charge in [0.1, 0.15) is 17.5 Å². The highest BCUT2D eigenvalue weighted by Gasteiger charge is 2.21. The molecule has 0 saturated heterocycles. The Hall–Kier alpha value is -2.37. The molecule has 2 amide bonds. The van der Waals surface area contributed by atoms with E-state index in [0.717, 1.165) is 5.56 Å². The van der Waals surface area contributed by atoms with Gasteiger partial charge < -0.3 is 15.8 Å². The molecule has 22 heavy (non-hydrogen) atoms. The smallest absolute Gasteiger partial charge is 0.408 e. The first kappa shape index (κ1) is 17.7. The van der Waals surface area contributed by atoms with Crippen molar-refractivity contribution in [3.8, 4) is 0 Å². The molecule has 0 aliphatic rings. The lowest BCUT2D eigenvalue weighted by atomic mass is 10.1. The second-order valence-electron chi connectivity index (χ2n) is 6.07. The molecule has 3 N–H and O–H groups in total. The van der Waals surface area contributed by atoms with Crippen LogP contribution in [0.15, 0.2) is 29.3 Å². The number of amidine groups is 1. The van der Waals surface area contributed by atoms with Crippen molar-refractivity contribution in [2.45, 2.75) is 46.3 Å². The summed E-state index contributed by atoms with van der Waals surface area (Å²) in [7, 11) is 0. The maximum absolute atomic E-state index is 12.0. The highest BCUT2D eigenvalue weighted by Crippen LogP contribution is 2.07. The average Bonchev–Trinajstić information content (AvgIpc) is 2.36. The van der Waals surface area contributed by atoms with Crippen molar-refractivity contribution in [2.24, 2.45) is 10.7 Å². The molecule has 0 bridgehead atoms. The molecule has 1 aromatic rings. The number of aryl methyl sites for hydroxylation is 1. The Kier molecular flexibility index (Phi) is 5.68. The number of rotatable bonds is 3. The van der Waals surface area contributed by atoms with Gasteiger partial charge in [0, 0.05) is 5.56 Å². The number of nitrogens with one attached hydrogen (secondary N) is 1. The molecule has 1 rings (SSSR count). The van der Waals surface area contributed by atoms with Gasteiger partial charge >= 0.3 is 6.09 Å². The lowest BCUT2D eigenvalue weighted by Gasteiger charge is -2.21. The van der Waals surface area contributed by atoms with E-state index in [-0.39, 0.29) is 5.84 Å². The Morgan fingerprint density at radius 3 is 2.50 bits per heavy atom. The number of aliphatic imine (C=N–C) groups is 1. The zero-order valence-corrected chi connectivity index (χ0v) is 13.6. The average molecular weight is 305 g/mol. The standard InChI is InChI=1S/C16H23N3O3/c1-10-7-6-8-12(9-10)13(17)19-14(20)11(2)18-15(21)22-16(3,4)5/h6-9,11H,1-5H3,(H,18,21)(H2,17,19,20). The van der Waals surface area contributed by atoms with E-state index in [0.29, 0.717) is 5.56 Å². The number of nitrogens with zero attached hydrogens (tertiary/aromatic N) is 1. The molecule has 1 unspecified atom stereocenters. The minimum atomic E-state index is -0.821. The molecule has 0 radical (unpaired) electrons. The van der Waals surface area contributed by atoms with Crippen molar-refractivity contribution < 1.29 is 14.3 Å². The first-order chi connectivity index (χ1) is 10.1. The molecule has 0 spiro atoms. The highest BCUT2D eigenvalue weighted by atomic mass is 16.6. The van der Waals surface area contributed by atoms with Crippen LogP contribution in [0.4, 0.5) is 4.79 Å². The summed E-state index contributed by atoms with van der Waals surface area (Å²) < 4.78 is 5.08. The van der Waals surface area contributed by atoms with Crippen molar-refractivity contribution in [1.82, 2.24) is 5.32 Å². The summed E-state index contributed by atoms with van der Waals surface area (Å²) in [4.78, 5) is 27.4. The normalized spacial score (nSPS) is 13.4. The van der Waals surface area contributed by atoms with Crippen LogP contribution < -0.4 is 11.1 Å². The Balaban J connectivity index is 2.71. The maximum Gasteiger partial charge on any atom is 0.408 e. The minimum absolute atomic E-state index is 0.117. The largest absolute Gasteiger partial charge is 0.444 e. The third-order valence-corrected chi connectivity index (χ3v) is 2.65. The van der Waals surface area contributed by atoms with Crippen LogP contribution in [0.3, 0.4) is 0 Å². The number of benzene rings is 1. The molecule has 120 valence electrons. The van der Waals surface area contributed by atoms with E-state index in [1.54, 1.807) is 26.8 Å². The van der Waals surface area contributed by atoms with Crippen molar-refractivity contribution in [3.05, 3.63) is 35.4 Å². The van der Waals surface area contributed by atoms with Gasteiger partial charge in [-0.3, -0.25) is 4.79 Å². The van der Waals surface area contributed by atoms with Gasteiger partial charge in [-0.05, 0) is 40.7 Å². The summed E-state index contributed by atoms with van der Waals surface area (Å²) in [6.07, 6.45) is -0.669. The molecule has 0 aromatic heterocycles. The number of amides is 2. The Morgan fingerprint density at radius 2 is 1.95 bits per heavy atom. The van der Waals surface area contributed by atoms with Gasteiger partial charge in [0.05, 0.1) is 0 Å². The van der Waals surface area contributed by atoms with Crippen molar-refractivity contribution in [2.75, 3.05) is 0 Å². The van der Waals surface area contributed by atoms with E-state index in [1.165, 1.54) is 6.92 Å². The van der Waals surface area contributed by atoms with Crippen LogP contribution in [0.25, 0.3) is 0 Å². The van der Waals surface area contributed by atoms with Crippen molar-refractivity contribution in [3.63, 3.8) is 0 Å². The predicted molar refractivity (Wildman–Crippen MR) is 85.7 cm³/mol. The SMILES string of the molecule is Cc1cccc(C(N)=NC(=O)C(C)NC(=O)OC(C)(C)C)c1. The van der Waals surface area contributed by atoms with Gasteiger partial charge in [-0.2, -0.15) is 4.99 Å². The number of ether oxygens (including phenoxy) is 1. The van der Waals surface area contributed by atoms with Crippen LogP contribution in [0.2, 0.25) is 0 Å². The lowest BCUT2D eigenvalue weighted by molar-refractivity contribution is -0.119. The lowest BCUT2D eigenvalue weighted by Crippen LogP contribution is -2.41. The fourth-order valence-electron chi connectivity index (χ4n) is 1.63. The predicted octanol–water partition coefficient (Wildman–Crippen LogP) is 2.14. The molecule has 0 heterocycles. The monoisotopic (exact) mass is 305 g/mol. The molecular formula is C16H23N3O3. The van der Waals surface area contributed by atoms with Crippen LogP contribution in [-0.2, 0) is 9.53 Å². The topological polar surface area (TPSA) is 93.8 Å². The quantitative estimate of drug-likeness (QED) is 0.661. The number of nitrogens with two attached hydrogens (primary N) is 1. The molecule has 1 aromatic carbocycles. The number of hydrogen-bond donors (Lipinski definition) is 2. The highest BCUT2D eigenvalue weighted by molar-refractivity contribution is 6.05. The third kappa shape index (κ3) is 5.95. The van der Waals surface area contributed by atoms with Gasteiger partial charge in [-0.1, -0.05) is 23.8 Å². The molecule has 0 fully saturated rings. The van der Waals surface area contributed by atoms with E-state index in [9.17, 15) is 9.59 Å². The molecule has 0 aliphatic heterocycles. The third-order valence-electron chi connectivity index (χ3n) is 2.65. The maximum atomic E-state index is 12.0. The van der Waals surface area contributed by atoms with Gasteiger partial charge in [-0.15, -0.1) is 0 Å². The number of carbonyl (C=O) groups excluding carboxylic acids is 2. The zero-order valence-electron chi connectivity index (χ0n) is 13.6. The number of alkyl carbamates (subject to hydrolysis) is 1. The van der Waals surface area contributed by atoms with Gasteiger partial charge in [0.2, 0.25) is 0 Å². The van der Waals surface area contributed by atoms with E-state index >= 15 is 0 Å². The number of hydrogen-bond acceptors (Lipinski definition) is 3. The first-order valence-electron chi connectivity index (χ1n) is 7.03. The fraction of sp³-hybridized carbons (Fsp3) is 0.438. The van der Waals surface area contributed by atoms with Crippen LogP contribution in [0.1, 0.15) is 38.8 Å². The summed E-state index contributed by atoms with van der Waals surface area (Å²) in [5.41, 5.74) is 6.87. The summed E-state index contributed by atoms with van der Waals surface area (Å²) in [6, 6.07) is 6.53. The number of carbonyl (C=O) groups is 2. The van der Waals surface area contributed by atoms with E-state index < -0.39 is 23.6 Å². The molecular weight excluding hydrogens is 282 g/mol. The summed E-state index contributed by atoms with van der Waals surface area (Å²) in [6.45, 7) is 8.68. The Bertz CT molecular complexity index is 589. The Labute approximate surface area is 130 Å². The van der Waals surface area contributed by atoms with E-state index in [2.05, 4.69) is 10.3 Å². The summed E-state index contributed by atoms with van der Waals surface area (Å²) in [5, 5.41) is 2.43. The second kappa shape index (κ2) is 7.06. The summed E-state index contributed by atoms with van der Waals surface area (Å²) in [5.74, 6) is -0.420. The van der Waals surface area contributed by atoms with Crippen LogP contribution in [0, 0.1) is 6.92 Å². The molecule has 1 atom stereocenters. The van der Waals surface area contributed by atoms with Crippen LogP contribution in [0.5, 0.6) is 0 Å². The molecule has 0 aliphatic carbocycles. The molecule has 0 saturated carbocycles. The first-order valence-corrected chi connectivity index (χ1v) is 7.03. The van der Waals surface area contributed by atoms with Crippen molar-refractivity contribution in [1.29, 1.82) is 0 Å². The van der Waals surface area contributed by atoms with E-state index in [1.807, 2.05) is 25.1 Å². The van der Waals surface area contributed by atoms with Crippen molar-refractivity contribution >= 4 is 17.8 Å². The van der Waals surface area contributed by atoms with E-state index in [4.69, 9.17) is 10.5 Å². The Morgan fingerprint density at radius 1 is 1.32 bits per heavy atom. The zero-order chi connectivity index (χ0) is 16.9. The van der Waals surface area contributed by atoms with Crippen LogP contribution >= 0.6 is 0 Å². The van der Waals surface area contributed by atoms with Crippen LogP contribution in [-0.4, -0.2) is 29.5 Å². The summed E-state index contributed by atoms with van der Waals surface area (Å²) >= 11 is 0. The second-order valence-corrected chi connectivity index (χ2v) is 6.07. The minimum Gasteiger partial charge on any atom is -0.444 e. The molecule has 6 nitrogen and oxygen atoms in total.